The quantitative estimate of drug-likeness (QED) is 0.701. The number of hydrogen-bond acceptors (Lipinski definition) is 5. The van der Waals surface area contributed by atoms with E-state index in [2.05, 4.69) is 20.6 Å². The van der Waals surface area contributed by atoms with E-state index in [4.69, 9.17) is 4.74 Å². The minimum Gasteiger partial charge on any atom is -0.494 e. The number of halogens is 1. The van der Waals surface area contributed by atoms with Crippen molar-refractivity contribution < 1.29 is 13.9 Å². The first-order valence-electron chi connectivity index (χ1n) is 8.03. The van der Waals surface area contributed by atoms with E-state index in [-0.39, 0.29) is 17.3 Å². The van der Waals surface area contributed by atoms with Gasteiger partial charge in [-0.3, -0.25) is 4.79 Å². The van der Waals surface area contributed by atoms with E-state index < -0.39 is 5.82 Å². The molecule has 7 heteroatoms. The predicted octanol–water partition coefficient (Wildman–Crippen LogP) is 4.01. The van der Waals surface area contributed by atoms with Gasteiger partial charge in [-0.05, 0) is 43.3 Å². The van der Waals surface area contributed by atoms with Crippen LogP contribution in [0.4, 0.5) is 21.6 Å². The van der Waals surface area contributed by atoms with Gasteiger partial charge in [-0.15, -0.1) is 0 Å². The number of para-hydroxylation sites is 1. The Labute approximate surface area is 150 Å². The number of rotatable bonds is 6. The van der Waals surface area contributed by atoms with E-state index in [0.717, 1.165) is 5.75 Å². The molecule has 2 aromatic carbocycles. The van der Waals surface area contributed by atoms with Gasteiger partial charge in [0.2, 0.25) is 0 Å². The van der Waals surface area contributed by atoms with Gasteiger partial charge in [0.25, 0.3) is 5.91 Å². The van der Waals surface area contributed by atoms with Crippen LogP contribution in [0.15, 0.2) is 60.9 Å². The Kier molecular flexibility index (Phi) is 5.38. The summed E-state index contributed by atoms with van der Waals surface area (Å²) < 4.78 is 19.0. The number of ether oxygens (including phenoxy) is 1. The molecule has 0 unspecified atom stereocenters. The third kappa shape index (κ3) is 4.32. The lowest BCUT2D eigenvalue weighted by atomic mass is 10.3. The fourth-order valence-electron chi connectivity index (χ4n) is 2.21. The molecule has 0 fully saturated rings. The van der Waals surface area contributed by atoms with Gasteiger partial charge < -0.3 is 15.4 Å². The molecule has 0 spiro atoms. The fourth-order valence-corrected chi connectivity index (χ4v) is 2.21. The number of aromatic nitrogens is 2. The second-order valence-electron chi connectivity index (χ2n) is 5.30. The van der Waals surface area contributed by atoms with E-state index in [1.807, 2.05) is 6.92 Å². The Morgan fingerprint density at radius 3 is 2.50 bits per heavy atom. The number of carbonyl (C=O) groups excluding carboxylic acids is 1. The first-order chi connectivity index (χ1) is 12.7. The van der Waals surface area contributed by atoms with Crippen LogP contribution < -0.4 is 15.4 Å². The topological polar surface area (TPSA) is 76.1 Å². The number of carbonyl (C=O) groups is 1. The van der Waals surface area contributed by atoms with Gasteiger partial charge in [-0.1, -0.05) is 12.1 Å². The van der Waals surface area contributed by atoms with E-state index >= 15 is 0 Å². The molecule has 0 atom stereocenters. The molecule has 0 aliphatic rings. The van der Waals surface area contributed by atoms with Crippen LogP contribution in [0.5, 0.6) is 5.75 Å². The molecule has 2 N–H and O–H groups in total. The van der Waals surface area contributed by atoms with Gasteiger partial charge in [0.15, 0.2) is 0 Å². The van der Waals surface area contributed by atoms with Gasteiger partial charge in [0.05, 0.1) is 24.7 Å². The summed E-state index contributed by atoms with van der Waals surface area (Å²) in [6.07, 6.45) is 2.70. The Bertz CT molecular complexity index is 883. The van der Waals surface area contributed by atoms with Gasteiger partial charge in [0.1, 0.15) is 23.1 Å². The maximum absolute atomic E-state index is 13.6. The second kappa shape index (κ2) is 8.06. The molecular formula is C19H17FN4O2. The molecule has 1 amide bonds. The zero-order valence-corrected chi connectivity index (χ0v) is 14.1. The van der Waals surface area contributed by atoms with Crippen molar-refractivity contribution in [3.05, 3.63) is 72.4 Å². The van der Waals surface area contributed by atoms with E-state index in [1.165, 1.54) is 18.5 Å². The molecule has 0 saturated heterocycles. The van der Waals surface area contributed by atoms with Crippen LogP contribution in [0.1, 0.15) is 17.4 Å². The zero-order chi connectivity index (χ0) is 18.4. The summed E-state index contributed by atoms with van der Waals surface area (Å²) >= 11 is 0. The first-order valence-corrected chi connectivity index (χ1v) is 8.03. The average Bonchev–Trinajstić information content (AvgIpc) is 2.66. The van der Waals surface area contributed by atoms with Crippen molar-refractivity contribution in [3.63, 3.8) is 0 Å². The van der Waals surface area contributed by atoms with Crippen LogP contribution in [0.3, 0.4) is 0 Å². The molecule has 6 nitrogen and oxygen atoms in total. The lowest BCUT2D eigenvalue weighted by Crippen LogP contribution is -2.14. The van der Waals surface area contributed by atoms with Crippen LogP contribution in [-0.2, 0) is 0 Å². The summed E-state index contributed by atoms with van der Waals surface area (Å²) in [5.41, 5.74) is 1.06. The van der Waals surface area contributed by atoms with E-state index in [0.29, 0.717) is 18.1 Å². The summed E-state index contributed by atoms with van der Waals surface area (Å²) in [7, 11) is 0. The van der Waals surface area contributed by atoms with Crippen LogP contribution in [-0.4, -0.2) is 22.5 Å². The van der Waals surface area contributed by atoms with Crippen molar-refractivity contribution in [1.29, 1.82) is 0 Å². The zero-order valence-electron chi connectivity index (χ0n) is 14.1. The maximum atomic E-state index is 13.6. The number of nitrogens with one attached hydrogen (secondary N) is 2. The van der Waals surface area contributed by atoms with Crippen molar-refractivity contribution in [1.82, 2.24) is 9.97 Å². The number of benzene rings is 2. The lowest BCUT2D eigenvalue weighted by molar-refractivity contribution is 0.102. The highest BCUT2D eigenvalue weighted by molar-refractivity contribution is 6.02. The summed E-state index contributed by atoms with van der Waals surface area (Å²) in [5, 5.41) is 5.54. The molecule has 3 aromatic rings. The Morgan fingerprint density at radius 2 is 1.85 bits per heavy atom. The molecule has 0 saturated carbocycles. The SMILES string of the molecule is CCOc1ccc(NC(=O)c2cnc(Nc3ccccc3F)cn2)cc1. The normalized spacial score (nSPS) is 10.2. The highest BCUT2D eigenvalue weighted by atomic mass is 19.1. The fraction of sp³-hybridized carbons (Fsp3) is 0.105. The van der Waals surface area contributed by atoms with Crippen molar-refractivity contribution in [2.24, 2.45) is 0 Å². The maximum Gasteiger partial charge on any atom is 0.275 e. The third-order valence-electron chi connectivity index (χ3n) is 3.44. The van der Waals surface area contributed by atoms with E-state index in [9.17, 15) is 9.18 Å². The van der Waals surface area contributed by atoms with Gasteiger partial charge in [0, 0.05) is 5.69 Å². The minimum absolute atomic E-state index is 0.151. The Hall–Kier alpha value is -3.48. The first kappa shape index (κ1) is 17.3. The van der Waals surface area contributed by atoms with Crippen LogP contribution in [0, 0.1) is 5.82 Å². The van der Waals surface area contributed by atoms with Gasteiger partial charge >= 0.3 is 0 Å². The Morgan fingerprint density at radius 1 is 1.08 bits per heavy atom. The van der Waals surface area contributed by atoms with Crippen molar-refractivity contribution in [3.8, 4) is 5.75 Å². The molecule has 1 aromatic heterocycles. The highest BCUT2D eigenvalue weighted by Crippen LogP contribution is 2.18. The summed E-state index contributed by atoms with van der Waals surface area (Å²) in [5.74, 6) is 0.285. The van der Waals surface area contributed by atoms with Crippen molar-refractivity contribution in [2.45, 2.75) is 6.92 Å². The minimum atomic E-state index is -0.397. The third-order valence-corrected chi connectivity index (χ3v) is 3.44. The molecule has 0 radical (unpaired) electrons. The average molecular weight is 352 g/mol. The van der Waals surface area contributed by atoms with Crippen LogP contribution in [0.2, 0.25) is 0 Å². The van der Waals surface area contributed by atoms with E-state index in [1.54, 1.807) is 42.5 Å². The molecule has 132 valence electrons. The molecule has 0 bridgehead atoms. The molecular weight excluding hydrogens is 335 g/mol. The number of hydrogen-bond donors (Lipinski definition) is 2. The molecule has 0 aliphatic heterocycles. The molecule has 26 heavy (non-hydrogen) atoms. The Balaban J connectivity index is 1.64. The molecule has 0 aliphatic carbocycles. The monoisotopic (exact) mass is 352 g/mol. The highest BCUT2D eigenvalue weighted by Gasteiger charge is 2.09. The van der Waals surface area contributed by atoms with Crippen molar-refractivity contribution in [2.75, 3.05) is 17.2 Å². The number of amides is 1. The molecule has 3 rings (SSSR count). The smallest absolute Gasteiger partial charge is 0.275 e. The van der Waals surface area contributed by atoms with Crippen LogP contribution >= 0.6 is 0 Å². The number of anilines is 3. The van der Waals surface area contributed by atoms with Crippen LogP contribution in [0.25, 0.3) is 0 Å². The molecule has 1 heterocycles. The second-order valence-corrected chi connectivity index (χ2v) is 5.30. The number of nitrogens with zero attached hydrogens (tertiary/aromatic N) is 2. The van der Waals surface area contributed by atoms with Gasteiger partial charge in [-0.25, -0.2) is 14.4 Å². The standard InChI is InChI=1S/C19H17FN4O2/c1-2-26-14-9-7-13(8-10-14)23-19(25)17-11-22-18(12-21-17)24-16-6-4-3-5-15(16)20/h3-12H,2H2,1H3,(H,22,24)(H,23,25). The predicted molar refractivity (Wildman–Crippen MR) is 97.3 cm³/mol. The van der Waals surface area contributed by atoms with Gasteiger partial charge in [-0.2, -0.15) is 0 Å². The largest absolute Gasteiger partial charge is 0.494 e. The van der Waals surface area contributed by atoms with Crippen molar-refractivity contribution >= 4 is 23.1 Å². The summed E-state index contributed by atoms with van der Waals surface area (Å²) in [6.45, 7) is 2.48. The summed E-state index contributed by atoms with van der Waals surface area (Å²) in [4.78, 5) is 20.4. The lowest BCUT2D eigenvalue weighted by Gasteiger charge is -2.08. The summed E-state index contributed by atoms with van der Waals surface area (Å²) in [6, 6.07) is 13.3.